The van der Waals surface area contributed by atoms with Gasteiger partial charge in [0.1, 0.15) is 5.15 Å². The lowest BCUT2D eigenvalue weighted by atomic mass is 9.90. The number of nitrogens with zero attached hydrogens (tertiary/aromatic N) is 2. The Balaban J connectivity index is 3.21. The second kappa shape index (κ2) is 5.72. The Bertz CT molecular complexity index is 504. The number of aromatic nitrogens is 1. The summed E-state index contributed by atoms with van der Waals surface area (Å²) in [5, 5.41) is 0.364. The molecule has 0 spiro atoms. The van der Waals surface area contributed by atoms with Gasteiger partial charge in [0, 0.05) is 29.3 Å². The number of hydrogen-bond acceptors (Lipinski definition) is 2. The Kier molecular flexibility index (Phi) is 4.86. The van der Waals surface area contributed by atoms with E-state index in [1.807, 2.05) is 13.1 Å². The van der Waals surface area contributed by atoms with Crippen LogP contribution >= 0.6 is 11.6 Å². The maximum atomic E-state index is 12.6. The number of carbonyl (C=O) groups excluding carboxylic acids is 1. The SMILES string of the molecule is CCC(C)(C)N(C)C(=O)c1cc(Cl)nc(C(C)(C)C)c1. The van der Waals surface area contributed by atoms with Gasteiger partial charge in [-0.2, -0.15) is 0 Å². The molecule has 0 aliphatic rings. The highest BCUT2D eigenvalue weighted by Gasteiger charge is 2.28. The summed E-state index contributed by atoms with van der Waals surface area (Å²) in [5.74, 6) is -0.0216. The third-order valence-corrected chi connectivity index (χ3v) is 4.08. The molecule has 1 amide bonds. The van der Waals surface area contributed by atoms with E-state index in [4.69, 9.17) is 11.6 Å². The minimum Gasteiger partial charge on any atom is -0.337 e. The van der Waals surface area contributed by atoms with Crippen LogP contribution in [0.1, 0.15) is 64.0 Å². The zero-order chi connectivity index (χ0) is 15.7. The molecule has 1 rings (SSSR count). The molecule has 0 atom stereocenters. The third-order valence-electron chi connectivity index (χ3n) is 3.89. The van der Waals surface area contributed by atoms with Gasteiger partial charge < -0.3 is 4.90 Å². The predicted molar refractivity (Wildman–Crippen MR) is 84.4 cm³/mol. The van der Waals surface area contributed by atoms with Crippen LogP contribution in [0.15, 0.2) is 12.1 Å². The van der Waals surface area contributed by atoms with E-state index in [0.29, 0.717) is 10.7 Å². The van der Waals surface area contributed by atoms with Gasteiger partial charge in [-0.15, -0.1) is 0 Å². The van der Waals surface area contributed by atoms with Crippen molar-refractivity contribution in [2.75, 3.05) is 7.05 Å². The molecule has 0 fully saturated rings. The molecule has 0 saturated heterocycles. The molecule has 0 aliphatic heterocycles. The second-order valence-electron chi connectivity index (χ2n) is 6.84. The summed E-state index contributed by atoms with van der Waals surface area (Å²) in [6.07, 6.45) is 0.889. The minimum absolute atomic E-state index is 0.0216. The summed E-state index contributed by atoms with van der Waals surface area (Å²) in [6, 6.07) is 3.48. The van der Waals surface area contributed by atoms with E-state index < -0.39 is 0 Å². The van der Waals surface area contributed by atoms with Crippen molar-refractivity contribution >= 4 is 17.5 Å². The van der Waals surface area contributed by atoms with Crippen LogP contribution in [-0.4, -0.2) is 28.4 Å². The lowest BCUT2D eigenvalue weighted by Crippen LogP contribution is -2.44. The van der Waals surface area contributed by atoms with Crippen LogP contribution in [0.3, 0.4) is 0 Å². The van der Waals surface area contributed by atoms with Crippen molar-refractivity contribution in [3.8, 4) is 0 Å². The fourth-order valence-electron chi connectivity index (χ4n) is 1.71. The van der Waals surface area contributed by atoms with E-state index in [2.05, 4.69) is 46.5 Å². The van der Waals surface area contributed by atoms with Crippen molar-refractivity contribution in [3.63, 3.8) is 0 Å². The Labute approximate surface area is 127 Å². The summed E-state index contributed by atoms with van der Waals surface area (Å²) >= 11 is 6.07. The van der Waals surface area contributed by atoms with Crippen LogP contribution in [-0.2, 0) is 5.41 Å². The van der Waals surface area contributed by atoms with Crippen LogP contribution < -0.4 is 0 Å². The van der Waals surface area contributed by atoms with Crippen molar-refractivity contribution in [1.82, 2.24) is 9.88 Å². The highest BCUT2D eigenvalue weighted by Crippen LogP contribution is 2.25. The van der Waals surface area contributed by atoms with Gasteiger partial charge in [-0.1, -0.05) is 39.3 Å². The first-order chi connectivity index (χ1) is 8.99. The van der Waals surface area contributed by atoms with Crippen molar-refractivity contribution < 1.29 is 4.79 Å². The van der Waals surface area contributed by atoms with E-state index in [1.54, 1.807) is 11.0 Å². The molecule has 20 heavy (non-hydrogen) atoms. The van der Waals surface area contributed by atoms with Crippen molar-refractivity contribution in [1.29, 1.82) is 0 Å². The van der Waals surface area contributed by atoms with Crippen molar-refractivity contribution in [3.05, 3.63) is 28.5 Å². The zero-order valence-corrected chi connectivity index (χ0v) is 14.3. The number of halogens is 1. The Morgan fingerprint density at radius 2 is 1.80 bits per heavy atom. The van der Waals surface area contributed by atoms with E-state index in [1.165, 1.54) is 0 Å². The fraction of sp³-hybridized carbons (Fsp3) is 0.625. The molecular formula is C16H25ClN2O. The van der Waals surface area contributed by atoms with Gasteiger partial charge in [-0.3, -0.25) is 4.79 Å². The van der Waals surface area contributed by atoms with E-state index in [-0.39, 0.29) is 16.9 Å². The van der Waals surface area contributed by atoms with Crippen LogP contribution in [0, 0.1) is 0 Å². The maximum Gasteiger partial charge on any atom is 0.254 e. The molecule has 4 heteroatoms. The van der Waals surface area contributed by atoms with Gasteiger partial charge in [-0.05, 0) is 32.4 Å². The average Bonchev–Trinajstić information content (AvgIpc) is 2.35. The largest absolute Gasteiger partial charge is 0.337 e. The molecule has 0 aromatic carbocycles. The van der Waals surface area contributed by atoms with E-state index in [9.17, 15) is 4.79 Å². The number of hydrogen-bond donors (Lipinski definition) is 0. The fourth-order valence-corrected chi connectivity index (χ4v) is 1.92. The first kappa shape index (κ1) is 17.0. The van der Waals surface area contributed by atoms with Gasteiger partial charge in [0.15, 0.2) is 0 Å². The summed E-state index contributed by atoms with van der Waals surface area (Å²) < 4.78 is 0. The molecule has 1 aromatic heterocycles. The van der Waals surface area contributed by atoms with Gasteiger partial charge in [0.2, 0.25) is 0 Å². The molecule has 1 aromatic rings. The van der Waals surface area contributed by atoms with Gasteiger partial charge in [0.25, 0.3) is 5.91 Å². The van der Waals surface area contributed by atoms with Crippen molar-refractivity contribution in [2.45, 2.75) is 58.9 Å². The van der Waals surface area contributed by atoms with Crippen LogP contribution in [0.4, 0.5) is 0 Å². The standard InChI is InChI=1S/C16H25ClN2O/c1-8-16(5,6)19(7)14(20)11-9-12(15(2,3)4)18-13(17)10-11/h9-10H,8H2,1-7H3. The summed E-state index contributed by atoms with van der Waals surface area (Å²) in [5.41, 5.74) is 1.10. The third kappa shape index (κ3) is 3.72. The quantitative estimate of drug-likeness (QED) is 0.779. The Morgan fingerprint density at radius 3 is 2.25 bits per heavy atom. The lowest BCUT2D eigenvalue weighted by molar-refractivity contribution is 0.0620. The average molecular weight is 297 g/mol. The Hall–Kier alpha value is -1.09. The molecule has 3 nitrogen and oxygen atoms in total. The number of carbonyl (C=O) groups is 1. The summed E-state index contributed by atoms with van der Waals surface area (Å²) in [6.45, 7) is 12.3. The number of rotatable bonds is 3. The molecule has 0 N–H and O–H groups in total. The molecule has 112 valence electrons. The van der Waals surface area contributed by atoms with Crippen molar-refractivity contribution in [2.24, 2.45) is 0 Å². The molecule has 0 bridgehead atoms. The predicted octanol–water partition coefficient (Wildman–Crippen LogP) is 4.29. The topological polar surface area (TPSA) is 33.2 Å². The molecule has 0 radical (unpaired) electrons. The van der Waals surface area contributed by atoms with Gasteiger partial charge >= 0.3 is 0 Å². The molecule has 0 aliphatic carbocycles. The zero-order valence-electron chi connectivity index (χ0n) is 13.5. The number of pyridine rings is 1. The van der Waals surface area contributed by atoms with Crippen LogP contribution in [0.25, 0.3) is 0 Å². The van der Waals surface area contributed by atoms with Crippen LogP contribution in [0.5, 0.6) is 0 Å². The second-order valence-corrected chi connectivity index (χ2v) is 7.23. The molecular weight excluding hydrogens is 272 g/mol. The highest BCUT2D eigenvalue weighted by molar-refractivity contribution is 6.29. The summed E-state index contributed by atoms with van der Waals surface area (Å²) in [7, 11) is 1.83. The van der Waals surface area contributed by atoms with E-state index >= 15 is 0 Å². The van der Waals surface area contributed by atoms with Gasteiger partial charge in [0.05, 0.1) is 0 Å². The monoisotopic (exact) mass is 296 g/mol. The van der Waals surface area contributed by atoms with E-state index in [0.717, 1.165) is 12.1 Å². The Morgan fingerprint density at radius 1 is 1.25 bits per heavy atom. The first-order valence-electron chi connectivity index (χ1n) is 6.95. The molecule has 0 unspecified atom stereocenters. The minimum atomic E-state index is -0.186. The summed E-state index contributed by atoms with van der Waals surface area (Å²) in [4.78, 5) is 18.7. The molecule has 1 heterocycles. The van der Waals surface area contributed by atoms with Crippen LogP contribution in [0.2, 0.25) is 5.15 Å². The molecule has 0 saturated carbocycles. The first-order valence-corrected chi connectivity index (χ1v) is 7.33. The highest BCUT2D eigenvalue weighted by atomic mass is 35.5. The maximum absolute atomic E-state index is 12.6. The smallest absolute Gasteiger partial charge is 0.254 e. The number of amides is 1. The lowest BCUT2D eigenvalue weighted by Gasteiger charge is -2.35. The van der Waals surface area contributed by atoms with Gasteiger partial charge in [-0.25, -0.2) is 4.98 Å². The normalized spacial score (nSPS) is 12.4.